The van der Waals surface area contributed by atoms with Crippen LogP contribution in [0.15, 0.2) is 46.3 Å². The summed E-state index contributed by atoms with van der Waals surface area (Å²) in [6.07, 6.45) is 7.41. The number of nitrogens with two attached hydrogens (primary N) is 2. The van der Waals surface area contributed by atoms with Gasteiger partial charge in [0.1, 0.15) is 17.0 Å². The van der Waals surface area contributed by atoms with Crippen molar-refractivity contribution in [1.29, 1.82) is 0 Å². The fourth-order valence-corrected chi connectivity index (χ4v) is 7.41. The first kappa shape index (κ1) is 26.5. The summed E-state index contributed by atoms with van der Waals surface area (Å²) in [5, 5.41) is 11.8. The van der Waals surface area contributed by atoms with E-state index in [0.29, 0.717) is 34.7 Å². The lowest BCUT2D eigenvalue weighted by molar-refractivity contribution is -0.130. The molecule has 0 radical (unpaired) electrons. The Balaban J connectivity index is 1.19. The van der Waals surface area contributed by atoms with Crippen molar-refractivity contribution in [2.24, 2.45) is 11.1 Å². The molecule has 1 spiro atoms. The maximum absolute atomic E-state index is 12.5. The number of halogens is 1. The summed E-state index contributed by atoms with van der Waals surface area (Å²) in [7, 11) is 0. The van der Waals surface area contributed by atoms with E-state index in [1.54, 1.807) is 16.0 Å². The fraction of sp³-hybridized carbons (Fsp3) is 0.519. The van der Waals surface area contributed by atoms with Crippen molar-refractivity contribution in [3.8, 4) is 0 Å². The van der Waals surface area contributed by atoms with Crippen LogP contribution >= 0.6 is 23.4 Å². The highest BCUT2D eigenvalue weighted by Gasteiger charge is 2.47. The van der Waals surface area contributed by atoms with E-state index in [9.17, 15) is 9.90 Å². The number of hydrogen-bond donors (Lipinski definition) is 3. The summed E-state index contributed by atoms with van der Waals surface area (Å²) >= 11 is 8.22. The van der Waals surface area contributed by atoms with Crippen molar-refractivity contribution in [2.45, 2.75) is 67.3 Å². The molecule has 5 N–H and O–H groups in total. The van der Waals surface area contributed by atoms with Crippen LogP contribution < -0.4 is 21.3 Å². The highest BCUT2D eigenvalue weighted by Crippen LogP contribution is 2.44. The van der Waals surface area contributed by atoms with E-state index in [-0.39, 0.29) is 35.5 Å². The molecule has 10 nitrogen and oxygen atoms in total. The standard InChI is InChI=1S/C27H34ClN7O3S/c1-16-24(29)27(15-38-16)8-11-33(12-9-27)19-14-31-26(25(30)32-19)39-18-6-4-5-17(23(18)28)35-20-7-2-3-10-34(20)21(36)13-22(35)37/h4-6,13-14,16,20,24,37H,2-3,7-12,15,29H2,1H3,(H2,30,32)/t16-,20?,24+/m0/s1. The highest BCUT2D eigenvalue weighted by molar-refractivity contribution is 7.99. The second kappa shape index (κ2) is 10.3. The van der Waals surface area contributed by atoms with Gasteiger partial charge in [-0.25, -0.2) is 9.97 Å². The number of benzene rings is 1. The summed E-state index contributed by atoms with van der Waals surface area (Å²) in [6, 6.07) is 5.67. The predicted molar refractivity (Wildman–Crippen MR) is 152 cm³/mol. The number of fused-ring (bicyclic) bond motifs is 1. The molecule has 208 valence electrons. The van der Waals surface area contributed by atoms with Gasteiger partial charge in [0.15, 0.2) is 11.7 Å². The molecule has 4 aliphatic rings. The Hall–Kier alpha value is -2.73. The van der Waals surface area contributed by atoms with Gasteiger partial charge < -0.3 is 31.1 Å². The normalized spacial score (nSPS) is 26.6. The second-order valence-corrected chi connectivity index (χ2v) is 12.3. The molecule has 0 aliphatic carbocycles. The number of ether oxygens (including phenoxy) is 1. The topological polar surface area (TPSA) is 134 Å². The average Bonchev–Trinajstić information content (AvgIpc) is 3.20. The number of aromatic nitrogens is 2. The maximum atomic E-state index is 12.5. The first-order valence-electron chi connectivity index (χ1n) is 13.5. The van der Waals surface area contributed by atoms with Gasteiger partial charge >= 0.3 is 0 Å². The first-order valence-corrected chi connectivity index (χ1v) is 14.7. The molecule has 1 amide bonds. The Morgan fingerprint density at radius 3 is 2.74 bits per heavy atom. The van der Waals surface area contributed by atoms with Gasteiger partial charge in [-0.2, -0.15) is 0 Å². The molecule has 3 atom stereocenters. The molecule has 2 aromatic rings. The van der Waals surface area contributed by atoms with E-state index in [4.69, 9.17) is 27.8 Å². The molecule has 1 aromatic carbocycles. The number of anilines is 3. The number of aliphatic hydroxyl groups is 1. The molecule has 3 fully saturated rings. The lowest BCUT2D eigenvalue weighted by Crippen LogP contribution is -2.56. The number of nitrogens with zero attached hydrogens (tertiary/aromatic N) is 5. The Kier molecular flexibility index (Phi) is 7.03. The number of piperidine rings is 2. The molecule has 3 saturated heterocycles. The van der Waals surface area contributed by atoms with Gasteiger partial charge in [0.2, 0.25) is 0 Å². The van der Waals surface area contributed by atoms with E-state index in [0.717, 1.165) is 55.9 Å². The third kappa shape index (κ3) is 4.69. The predicted octanol–water partition coefficient (Wildman–Crippen LogP) is 3.75. The van der Waals surface area contributed by atoms with Gasteiger partial charge in [-0.1, -0.05) is 29.4 Å². The largest absolute Gasteiger partial charge is 0.494 e. The van der Waals surface area contributed by atoms with E-state index >= 15 is 0 Å². The zero-order chi connectivity index (χ0) is 27.3. The molecule has 0 saturated carbocycles. The molecular weight excluding hydrogens is 538 g/mol. The zero-order valence-corrected chi connectivity index (χ0v) is 23.5. The molecule has 12 heteroatoms. The van der Waals surface area contributed by atoms with E-state index in [1.165, 1.54) is 17.8 Å². The second-order valence-electron chi connectivity index (χ2n) is 10.9. The van der Waals surface area contributed by atoms with Gasteiger partial charge in [0.25, 0.3) is 5.91 Å². The van der Waals surface area contributed by atoms with Crippen molar-refractivity contribution >= 4 is 46.6 Å². The average molecular weight is 572 g/mol. The van der Waals surface area contributed by atoms with Gasteiger partial charge in [-0.05, 0) is 51.2 Å². The third-order valence-electron chi connectivity index (χ3n) is 8.64. The summed E-state index contributed by atoms with van der Waals surface area (Å²) < 4.78 is 5.84. The summed E-state index contributed by atoms with van der Waals surface area (Å²) in [4.78, 5) is 28.2. The van der Waals surface area contributed by atoms with Crippen LogP contribution in [0.4, 0.5) is 17.3 Å². The van der Waals surface area contributed by atoms with Crippen LogP contribution in [-0.2, 0) is 9.53 Å². The van der Waals surface area contributed by atoms with Crippen LogP contribution in [0.5, 0.6) is 0 Å². The minimum Gasteiger partial charge on any atom is -0.494 e. The van der Waals surface area contributed by atoms with E-state index < -0.39 is 0 Å². The summed E-state index contributed by atoms with van der Waals surface area (Å²) in [5.74, 6) is 0.811. The first-order chi connectivity index (χ1) is 18.8. The molecule has 4 aliphatic heterocycles. The van der Waals surface area contributed by atoms with E-state index in [1.807, 2.05) is 25.1 Å². The Labute approximate surface area is 237 Å². The molecule has 0 bridgehead atoms. The lowest BCUT2D eigenvalue weighted by atomic mass is 9.73. The molecular formula is C27H34ClN7O3S. The van der Waals surface area contributed by atoms with Crippen LogP contribution in [0.25, 0.3) is 0 Å². The Morgan fingerprint density at radius 1 is 1.23 bits per heavy atom. The fourth-order valence-electron chi connectivity index (χ4n) is 6.27. The molecule has 5 heterocycles. The Bertz CT molecular complexity index is 1300. The zero-order valence-electron chi connectivity index (χ0n) is 21.9. The van der Waals surface area contributed by atoms with Crippen molar-refractivity contribution in [2.75, 3.05) is 41.8 Å². The smallest absolute Gasteiger partial charge is 0.253 e. The van der Waals surface area contributed by atoms with Gasteiger partial charge in [-0.15, -0.1) is 0 Å². The number of amides is 1. The minimum absolute atomic E-state index is 0.0341. The number of rotatable bonds is 4. The number of hydrogen-bond acceptors (Lipinski definition) is 10. The SMILES string of the molecule is C[C@@H]1OCC2(CCN(c3cnc(Sc4cccc(N5C(O)=CC(=O)N6CCCCC65)c4Cl)c(N)n3)CC2)[C@@H]1N. The quantitative estimate of drug-likeness (QED) is 0.498. The minimum atomic E-state index is -0.268. The molecule has 6 rings (SSSR count). The van der Waals surface area contributed by atoms with Crippen molar-refractivity contribution in [3.05, 3.63) is 41.4 Å². The van der Waals surface area contributed by atoms with Crippen LogP contribution in [0.3, 0.4) is 0 Å². The Morgan fingerprint density at radius 2 is 2.03 bits per heavy atom. The van der Waals surface area contributed by atoms with Gasteiger partial charge in [0.05, 0.1) is 35.7 Å². The molecule has 39 heavy (non-hydrogen) atoms. The van der Waals surface area contributed by atoms with Crippen LogP contribution in [0.1, 0.15) is 39.0 Å². The van der Waals surface area contributed by atoms with Crippen molar-refractivity contribution < 1.29 is 14.6 Å². The van der Waals surface area contributed by atoms with Crippen LogP contribution in [0, 0.1) is 5.41 Å². The van der Waals surface area contributed by atoms with Crippen LogP contribution in [-0.4, -0.2) is 70.4 Å². The number of carbonyl (C=O) groups excluding carboxylic acids is 1. The van der Waals surface area contributed by atoms with Crippen LogP contribution in [0.2, 0.25) is 5.02 Å². The third-order valence-corrected chi connectivity index (χ3v) is 10.2. The van der Waals surface area contributed by atoms with E-state index in [2.05, 4.69) is 14.9 Å². The molecule has 1 unspecified atom stereocenters. The summed E-state index contributed by atoms with van der Waals surface area (Å²) in [6.45, 7) is 5.07. The number of nitrogen functional groups attached to an aromatic ring is 1. The van der Waals surface area contributed by atoms with Gasteiger partial charge in [0, 0.05) is 36.0 Å². The monoisotopic (exact) mass is 571 g/mol. The highest BCUT2D eigenvalue weighted by atomic mass is 35.5. The molecule has 1 aromatic heterocycles. The van der Waals surface area contributed by atoms with Crippen molar-refractivity contribution in [3.63, 3.8) is 0 Å². The van der Waals surface area contributed by atoms with Crippen molar-refractivity contribution in [1.82, 2.24) is 14.9 Å². The number of aliphatic hydroxyl groups excluding tert-OH is 1. The summed E-state index contributed by atoms with van der Waals surface area (Å²) in [5.41, 5.74) is 13.5. The lowest BCUT2D eigenvalue weighted by Gasteiger charge is -2.45. The number of carbonyl (C=O) groups is 1. The van der Waals surface area contributed by atoms with Gasteiger partial charge in [-0.3, -0.25) is 9.69 Å². The maximum Gasteiger partial charge on any atom is 0.253 e.